The molecule has 0 amide bonds. The summed E-state index contributed by atoms with van der Waals surface area (Å²) in [5.74, 6) is 0. The first-order chi connectivity index (χ1) is 26.0. The van der Waals surface area contributed by atoms with Crippen molar-refractivity contribution in [2.45, 2.75) is 13.8 Å². The minimum absolute atomic E-state index is 0. The van der Waals surface area contributed by atoms with Crippen LogP contribution >= 0.6 is 54.5 Å². The summed E-state index contributed by atoms with van der Waals surface area (Å²) in [6, 6.07) is 76.0. The van der Waals surface area contributed by atoms with Crippen LogP contribution in [-0.2, 0) is 6.42 Å². The fraction of sp³-hybridized carbons (Fsp3) is 0.0400. The molecule has 0 aliphatic carbocycles. The average Bonchev–Trinajstić information content (AvgIpc) is 3.21. The molecule has 0 fully saturated rings. The maximum absolute atomic E-state index is 3.49. The third-order valence-electron chi connectivity index (χ3n) is 8.45. The number of anilines is 3. The quantitative estimate of drug-likeness (QED) is 0.144. The highest BCUT2D eigenvalue weighted by Gasteiger charge is 2.11. The number of benzene rings is 8. The molecule has 0 bridgehead atoms. The van der Waals surface area contributed by atoms with Crippen LogP contribution in [0.4, 0.5) is 17.1 Å². The average molecular weight is 944 g/mol. The van der Waals surface area contributed by atoms with Crippen molar-refractivity contribution < 1.29 is 0 Å². The first-order valence-electron chi connectivity index (χ1n) is 17.4. The first kappa shape index (κ1) is 40.4. The predicted molar refractivity (Wildman–Crippen MR) is 249 cm³/mol. The van der Waals surface area contributed by atoms with E-state index in [1.807, 2.05) is 12.1 Å². The fourth-order valence-electron chi connectivity index (χ4n) is 5.76. The molecule has 0 N–H and O–H groups in total. The lowest BCUT2D eigenvalue weighted by atomic mass is 10.0. The summed E-state index contributed by atoms with van der Waals surface area (Å²) in [6.07, 6.45) is 1.03. The van der Waals surface area contributed by atoms with Gasteiger partial charge in [-0.2, -0.15) is 0 Å². The van der Waals surface area contributed by atoms with E-state index >= 15 is 0 Å². The molecule has 0 spiro atoms. The first-order valence-corrected chi connectivity index (χ1v) is 20.0. The van der Waals surface area contributed by atoms with Gasteiger partial charge in [-0.25, -0.2) is 0 Å². The molecule has 8 aromatic carbocycles. The lowest BCUT2D eigenvalue weighted by molar-refractivity contribution is 1.19. The van der Waals surface area contributed by atoms with E-state index in [2.05, 4.69) is 266 Å². The molecule has 8 rings (SSSR count). The Hall–Kier alpha value is -4.75. The second-order valence-electron chi connectivity index (χ2n) is 12.2. The molecule has 1 nitrogen and oxygen atoms in total. The molecule has 4 heteroatoms. The third kappa shape index (κ3) is 12.1. The maximum atomic E-state index is 3.49. The van der Waals surface area contributed by atoms with E-state index < -0.39 is 0 Å². The van der Waals surface area contributed by atoms with Crippen LogP contribution in [0, 0.1) is 3.57 Å². The van der Waals surface area contributed by atoms with Crippen molar-refractivity contribution in [3.8, 4) is 22.3 Å². The summed E-state index contributed by atoms with van der Waals surface area (Å²) in [5.41, 5.74) is 11.1. The van der Waals surface area contributed by atoms with Crippen LogP contribution in [0.2, 0.25) is 0 Å². The summed E-state index contributed by atoms with van der Waals surface area (Å²) in [7, 11) is 0. The number of para-hydroxylation sites is 2. The largest absolute Gasteiger partial charge is 0.311 e. The highest BCUT2D eigenvalue weighted by molar-refractivity contribution is 14.1. The molecule has 0 aromatic heterocycles. The van der Waals surface area contributed by atoms with Crippen LogP contribution in [0.25, 0.3) is 22.3 Å². The Morgan fingerprint density at radius 3 is 0.963 bits per heavy atom. The van der Waals surface area contributed by atoms with Crippen LogP contribution in [0.1, 0.15) is 18.6 Å². The second kappa shape index (κ2) is 21.2. The van der Waals surface area contributed by atoms with Gasteiger partial charge in [0.2, 0.25) is 0 Å². The SMILES string of the molecule is Brc1ccc(-c2ccc(I)cc2)cc1.Brc1ccc(-c2ccc(N(c3ccccc3)c3ccccc3)cc2)cc1.C.c1ccc(Cc2ccccc2)cc1. The molecule has 0 saturated heterocycles. The lowest BCUT2D eigenvalue weighted by Crippen LogP contribution is -2.09. The van der Waals surface area contributed by atoms with E-state index in [1.54, 1.807) is 0 Å². The van der Waals surface area contributed by atoms with Crippen LogP contribution in [0.5, 0.6) is 0 Å². The van der Waals surface area contributed by atoms with Gasteiger partial charge < -0.3 is 4.90 Å². The van der Waals surface area contributed by atoms with Gasteiger partial charge >= 0.3 is 0 Å². The van der Waals surface area contributed by atoms with Crippen LogP contribution < -0.4 is 4.90 Å². The summed E-state index contributed by atoms with van der Waals surface area (Å²) >= 11 is 9.24. The van der Waals surface area contributed by atoms with Crippen molar-refractivity contribution in [1.29, 1.82) is 0 Å². The standard InChI is InChI=1S/C24H18BrN.C13H12.C12H8BrI.CH4/c25-21-15-11-19(12-16-21)20-13-17-24(18-14-20)26(22-7-3-1-4-8-22)23-9-5-2-6-10-23;1-3-7-12(8-4-1)11-13-9-5-2-6-10-13;13-11-5-1-9(2-6-11)10-3-7-12(14)8-4-10;/h1-18H;1-10H,11H2;1-8H;1H4. The predicted octanol–water partition coefficient (Wildman–Crippen LogP) is 16.2. The van der Waals surface area contributed by atoms with Gasteiger partial charge in [0.15, 0.2) is 0 Å². The molecule has 0 heterocycles. The smallest absolute Gasteiger partial charge is 0.0462 e. The van der Waals surface area contributed by atoms with Crippen LogP contribution in [0.15, 0.2) is 227 Å². The van der Waals surface area contributed by atoms with Crippen LogP contribution in [0.3, 0.4) is 0 Å². The number of hydrogen-bond donors (Lipinski definition) is 0. The Morgan fingerprint density at radius 1 is 0.333 bits per heavy atom. The minimum atomic E-state index is 0. The summed E-state index contributed by atoms with van der Waals surface area (Å²) < 4.78 is 3.48. The molecule has 0 radical (unpaired) electrons. The van der Waals surface area contributed by atoms with Crippen molar-refractivity contribution >= 4 is 71.5 Å². The number of hydrogen-bond acceptors (Lipinski definition) is 1. The summed E-state index contributed by atoms with van der Waals surface area (Å²) in [4.78, 5) is 2.27. The Kier molecular flexibility index (Phi) is 15.9. The zero-order chi connectivity index (χ0) is 36.7. The van der Waals surface area contributed by atoms with E-state index in [4.69, 9.17) is 0 Å². The Balaban J connectivity index is 0.000000169. The number of rotatable bonds is 7. The fourth-order valence-corrected chi connectivity index (χ4v) is 6.65. The van der Waals surface area contributed by atoms with Crippen molar-refractivity contribution in [2.24, 2.45) is 0 Å². The van der Waals surface area contributed by atoms with Gasteiger partial charge in [-0.1, -0.05) is 185 Å². The van der Waals surface area contributed by atoms with Gasteiger partial charge in [0.1, 0.15) is 0 Å². The monoisotopic (exact) mass is 941 g/mol. The van der Waals surface area contributed by atoms with Gasteiger partial charge in [0.25, 0.3) is 0 Å². The van der Waals surface area contributed by atoms with Gasteiger partial charge in [0, 0.05) is 29.6 Å². The van der Waals surface area contributed by atoms with Gasteiger partial charge in [-0.05, 0) is 135 Å². The number of halogens is 3. The zero-order valence-corrected chi connectivity index (χ0v) is 34.4. The molecular weight excluding hydrogens is 901 g/mol. The van der Waals surface area contributed by atoms with Crippen molar-refractivity contribution in [3.63, 3.8) is 0 Å². The molecule has 0 unspecified atom stereocenters. The van der Waals surface area contributed by atoms with Gasteiger partial charge in [-0.15, -0.1) is 0 Å². The van der Waals surface area contributed by atoms with E-state index in [1.165, 1.54) is 37.0 Å². The van der Waals surface area contributed by atoms with Crippen molar-refractivity contribution in [1.82, 2.24) is 0 Å². The summed E-state index contributed by atoms with van der Waals surface area (Å²) in [6.45, 7) is 0. The molecule has 0 saturated carbocycles. The summed E-state index contributed by atoms with van der Waals surface area (Å²) in [5, 5.41) is 0. The van der Waals surface area contributed by atoms with Gasteiger partial charge in [0.05, 0.1) is 0 Å². The minimum Gasteiger partial charge on any atom is -0.311 e. The Bertz CT molecular complexity index is 2110. The highest BCUT2D eigenvalue weighted by atomic mass is 127. The zero-order valence-electron chi connectivity index (χ0n) is 29.1. The third-order valence-corrected chi connectivity index (χ3v) is 10.2. The lowest BCUT2D eigenvalue weighted by Gasteiger charge is -2.25. The second-order valence-corrected chi connectivity index (χ2v) is 15.3. The van der Waals surface area contributed by atoms with Crippen molar-refractivity contribution in [2.75, 3.05) is 4.90 Å². The molecule has 0 aliphatic heterocycles. The van der Waals surface area contributed by atoms with Crippen molar-refractivity contribution in [3.05, 3.63) is 242 Å². The highest BCUT2D eigenvalue weighted by Crippen LogP contribution is 2.35. The Morgan fingerprint density at radius 2 is 0.611 bits per heavy atom. The molecule has 54 heavy (non-hydrogen) atoms. The number of nitrogens with zero attached hydrogens (tertiary/aromatic N) is 1. The van der Waals surface area contributed by atoms with Gasteiger partial charge in [-0.3, -0.25) is 0 Å². The van der Waals surface area contributed by atoms with E-state index in [-0.39, 0.29) is 7.43 Å². The normalized spacial score (nSPS) is 10.1. The Labute approximate surface area is 351 Å². The maximum Gasteiger partial charge on any atom is 0.0462 e. The van der Waals surface area contributed by atoms with E-state index in [0.29, 0.717) is 0 Å². The van der Waals surface area contributed by atoms with Crippen LogP contribution in [-0.4, -0.2) is 0 Å². The molecule has 8 aromatic rings. The topological polar surface area (TPSA) is 3.24 Å². The molecule has 0 aliphatic rings. The molecular formula is C50H42Br2IN. The van der Waals surface area contributed by atoms with E-state index in [9.17, 15) is 0 Å². The van der Waals surface area contributed by atoms with E-state index in [0.717, 1.165) is 32.4 Å². The molecule has 0 atom stereocenters. The molecule has 268 valence electrons.